The van der Waals surface area contributed by atoms with Crippen molar-refractivity contribution in [1.82, 2.24) is 4.90 Å². The van der Waals surface area contributed by atoms with Gasteiger partial charge in [0.05, 0.1) is 29.3 Å². The number of rotatable bonds is 5. The number of aliphatic hydroxyl groups excluding tert-OH is 1. The Kier molecular flexibility index (Phi) is 6.50. The summed E-state index contributed by atoms with van der Waals surface area (Å²) in [6.07, 6.45) is 4.56. The lowest BCUT2D eigenvalue weighted by Crippen LogP contribution is -2.37. The predicted molar refractivity (Wildman–Crippen MR) is 125 cm³/mol. The van der Waals surface area contributed by atoms with Crippen molar-refractivity contribution in [2.75, 3.05) is 7.11 Å². The lowest BCUT2D eigenvalue weighted by molar-refractivity contribution is -0.141. The van der Waals surface area contributed by atoms with Crippen LogP contribution in [0.2, 0.25) is 10.0 Å². The van der Waals surface area contributed by atoms with E-state index >= 15 is 0 Å². The molecule has 1 saturated heterocycles. The van der Waals surface area contributed by atoms with E-state index in [9.17, 15) is 14.7 Å². The minimum absolute atomic E-state index is 0.0304. The summed E-state index contributed by atoms with van der Waals surface area (Å²) in [6, 6.07) is 10.1. The standard InChI is InChI=1S/C25H25Cl2NO4/c1-3-14-8-10-15(11-9-14)21-20(23(30)25(31)28(21)17-6-4-5-7-17)22(29)18-12-16(26)13-19(27)24(18)32-2/h8-13,17,21,29H,3-7H2,1-2H3/b22-20+. The van der Waals surface area contributed by atoms with Gasteiger partial charge in [-0.05, 0) is 42.5 Å². The lowest BCUT2D eigenvalue weighted by atomic mass is 9.93. The average molecular weight is 474 g/mol. The number of halogens is 2. The van der Waals surface area contributed by atoms with E-state index in [1.807, 2.05) is 24.3 Å². The number of hydrogen-bond donors (Lipinski definition) is 1. The van der Waals surface area contributed by atoms with Gasteiger partial charge in [0, 0.05) is 11.1 Å². The second-order valence-electron chi connectivity index (χ2n) is 8.21. The topological polar surface area (TPSA) is 66.8 Å². The van der Waals surface area contributed by atoms with Gasteiger partial charge in [-0.1, -0.05) is 67.2 Å². The van der Waals surface area contributed by atoms with Crippen LogP contribution in [-0.2, 0) is 16.0 Å². The fraction of sp³-hybridized carbons (Fsp3) is 0.360. The number of benzene rings is 2. The Morgan fingerprint density at radius 2 is 1.78 bits per heavy atom. The summed E-state index contributed by atoms with van der Waals surface area (Å²) in [5.74, 6) is -1.44. The highest BCUT2D eigenvalue weighted by atomic mass is 35.5. The van der Waals surface area contributed by atoms with Crippen LogP contribution in [0, 0.1) is 0 Å². The number of amides is 1. The molecule has 1 heterocycles. The summed E-state index contributed by atoms with van der Waals surface area (Å²) < 4.78 is 5.38. The van der Waals surface area contributed by atoms with Crippen molar-refractivity contribution in [2.45, 2.75) is 51.1 Å². The molecule has 2 aromatic rings. The molecule has 0 radical (unpaired) electrons. The molecule has 32 heavy (non-hydrogen) atoms. The Hall–Kier alpha value is -2.50. The zero-order valence-corrected chi connectivity index (χ0v) is 19.5. The maximum absolute atomic E-state index is 13.2. The first-order valence-corrected chi connectivity index (χ1v) is 11.5. The Labute approximate surface area is 197 Å². The van der Waals surface area contributed by atoms with Gasteiger partial charge in [0.1, 0.15) is 11.5 Å². The number of methoxy groups -OCH3 is 1. The normalized spacial score (nSPS) is 20.9. The number of carbonyl (C=O) groups is 2. The summed E-state index contributed by atoms with van der Waals surface area (Å²) in [6.45, 7) is 2.06. The SMILES string of the molecule is CCc1ccc(C2/C(=C(\O)c3cc(Cl)cc(Cl)c3OC)C(=O)C(=O)N2C2CCCC2)cc1. The third kappa shape index (κ3) is 3.89. The monoisotopic (exact) mass is 473 g/mol. The summed E-state index contributed by atoms with van der Waals surface area (Å²) in [7, 11) is 1.42. The molecular formula is C25H25Cl2NO4. The zero-order valence-electron chi connectivity index (χ0n) is 18.0. The minimum atomic E-state index is -0.711. The van der Waals surface area contributed by atoms with E-state index < -0.39 is 17.7 Å². The molecule has 5 nitrogen and oxygen atoms in total. The molecule has 1 aliphatic heterocycles. The molecule has 168 valence electrons. The van der Waals surface area contributed by atoms with Gasteiger partial charge in [0.25, 0.3) is 11.7 Å². The van der Waals surface area contributed by atoms with E-state index in [0.717, 1.165) is 43.2 Å². The maximum Gasteiger partial charge on any atom is 0.295 e. The fourth-order valence-electron chi connectivity index (χ4n) is 4.76. The van der Waals surface area contributed by atoms with E-state index in [1.165, 1.54) is 19.2 Å². The van der Waals surface area contributed by atoms with Crippen molar-refractivity contribution in [3.8, 4) is 5.75 Å². The van der Waals surface area contributed by atoms with Crippen LogP contribution < -0.4 is 4.74 Å². The number of hydrogen-bond acceptors (Lipinski definition) is 4. The second kappa shape index (κ2) is 9.16. The number of carbonyl (C=O) groups excluding carboxylic acids is 2. The quantitative estimate of drug-likeness (QED) is 0.332. The van der Waals surface area contributed by atoms with Crippen molar-refractivity contribution in [3.63, 3.8) is 0 Å². The van der Waals surface area contributed by atoms with Gasteiger partial charge in [0.2, 0.25) is 0 Å². The smallest absolute Gasteiger partial charge is 0.295 e. The Bertz CT molecular complexity index is 1090. The van der Waals surface area contributed by atoms with Crippen molar-refractivity contribution >= 4 is 40.7 Å². The van der Waals surface area contributed by atoms with E-state index in [4.69, 9.17) is 27.9 Å². The van der Waals surface area contributed by atoms with Crippen molar-refractivity contribution in [3.05, 3.63) is 68.7 Å². The fourth-order valence-corrected chi connectivity index (χ4v) is 5.33. The van der Waals surface area contributed by atoms with Crippen LogP contribution in [-0.4, -0.2) is 34.8 Å². The third-order valence-corrected chi connectivity index (χ3v) is 6.87. The molecule has 2 fully saturated rings. The number of Topliss-reactive ketones (excluding diaryl/α,β-unsaturated/α-hetero) is 1. The minimum Gasteiger partial charge on any atom is -0.507 e. The van der Waals surface area contributed by atoms with Crippen LogP contribution in [0.1, 0.15) is 55.3 Å². The van der Waals surface area contributed by atoms with Gasteiger partial charge in [0.15, 0.2) is 0 Å². The van der Waals surface area contributed by atoms with Crippen LogP contribution in [0.5, 0.6) is 5.75 Å². The van der Waals surface area contributed by atoms with Crippen LogP contribution in [0.3, 0.4) is 0 Å². The highest BCUT2D eigenvalue weighted by Gasteiger charge is 2.49. The van der Waals surface area contributed by atoms with Crippen LogP contribution in [0.25, 0.3) is 5.76 Å². The highest BCUT2D eigenvalue weighted by molar-refractivity contribution is 6.47. The van der Waals surface area contributed by atoms with Crippen molar-refractivity contribution in [2.24, 2.45) is 0 Å². The average Bonchev–Trinajstić information content (AvgIpc) is 3.40. The molecule has 4 rings (SSSR count). The molecule has 7 heteroatoms. The molecule has 2 aromatic carbocycles. The van der Waals surface area contributed by atoms with Gasteiger partial charge < -0.3 is 14.7 Å². The number of ketones is 1. The van der Waals surface area contributed by atoms with Gasteiger partial charge in [-0.2, -0.15) is 0 Å². The van der Waals surface area contributed by atoms with Gasteiger partial charge in [-0.3, -0.25) is 9.59 Å². The molecule has 0 aromatic heterocycles. The molecule has 1 aliphatic carbocycles. The number of aryl methyl sites for hydroxylation is 1. The molecule has 1 atom stereocenters. The van der Waals surface area contributed by atoms with Crippen molar-refractivity contribution < 1.29 is 19.4 Å². The van der Waals surface area contributed by atoms with Crippen LogP contribution in [0.15, 0.2) is 42.0 Å². The molecule has 1 amide bonds. The first-order chi connectivity index (χ1) is 15.4. The molecule has 1 saturated carbocycles. The maximum atomic E-state index is 13.2. The first-order valence-electron chi connectivity index (χ1n) is 10.8. The summed E-state index contributed by atoms with van der Waals surface area (Å²) in [4.78, 5) is 28.1. The van der Waals surface area contributed by atoms with Crippen molar-refractivity contribution in [1.29, 1.82) is 0 Å². The van der Waals surface area contributed by atoms with E-state index in [0.29, 0.717) is 0 Å². The predicted octanol–water partition coefficient (Wildman–Crippen LogP) is 5.93. The second-order valence-corrected chi connectivity index (χ2v) is 9.05. The molecule has 1 N–H and O–H groups in total. The summed E-state index contributed by atoms with van der Waals surface area (Å²) in [5, 5.41) is 11.8. The summed E-state index contributed by atoms with van der Waals surface area (Å²) in [5.41, 5.74) is 2.14. The molecular weight excluding hydrogens is 449 g/mol. The molecule has 1 unspecified atom stereocenters. The number of nitrogens with zero attached hydrogens (tertiary/aromatic N) is 1. The Morgan fingerprint density at radius 1 is 1.12 bits per heavy atom. The van der Waals surface area contributed by atoms with E-state index in [-0.39, 0.29) is 38.7 Å². The summed E-state index contributed by atoms with van der Waals surface area (Å²) >= 11 is 12.4. The molecule has 0 bridgehead atoms. The largest absolute Gasteiger partial charge is 0.507 e. The number of aliphatic hydroxyl groups is 1. The highest BCUT2D eigenvalue weighted by Crippen LogP contribution is 2.45. The van der Waals surface area contributed by atoms with E-state index in [2.05, 4.69) is 6.92 Å². The van der Waals surface area contributed by atoms with Gasteiger partial charge in [-0.25, -0.2) is 0 Å². The number of ether oxygens (including phenoxy) is 1. The van der Waals surface area contributed by atoms with Crippen LogP contribution >= 0.6 is 23.2 Å². The van der Waals surface area contributed by atoms with Gasteiger partial charge in [-0.15, -0.1) is 0 Å². The lowest BCUT2D eigenvalue weighted by Gasteiger charge is -2.31. The zero-order chi connectivity index (χ0) is 23.0. The third-order valence-electron chi connectivity index (χ3n) is 6.37. The number of likely N-dealkylation sites (tertiary alicyclic amines) is 1. The van der Waals surface area contributed by atoms with Crippen LogP contribution in [0.4, 0.5) is 0 Å². The molecule has 0 spiro atoms. The van der Waals surface area contributed by atoms with E-state index in [1.54, 1.807) is 4.90 Å². The Morgan fingerprint density at radius 3 is 2.38 bits per heavy atom. The van der Waals surface area contributed by atoms with Gasteiger partial charge >= 0.3 is 0 Å². The first kappa shape index (κ1) is 22.7. The molecule has 2 aliphatic rings. The Balaban J connectivity index is 1.93.